The number of hydrogen-bond donors (Lipinski definition) is 4. The molecule has 1 aromatic rings. The summed E-state index contributed by atoms with van der Waals surface area (Å²) in [7, 11) is 0. The molecule has 0 aromatic heterocycles. The van der Waals surface area contributed by atoms with Crippen LogP contribution in [-0.4, -0.2) is 107 Å². The molecule has 1 aliphatic carbocycles. The van der Waals surface area contributed by atoms with Crippen molar-refractivity contribution >= 4 is 46.3 Å². The molecule has 9 atom stereocenters. The highest BCUT2D eigenvalue weighted by Crippen LogP contribution is 2.55. The number of rotatable bonds is 11. The maximum Gasteiger partial charge on any atom is 0.327 e. The average Bonchev–Trinajstić information content (AvgIpc) is 3.58. The Bertz CT molecular complexity index is 1310. The SMILES string of the molecule is C[C@H](O)[C@@H](NC(=O)[C@@]12C[C@H]3OC(=O)[C@@H]1N(Cc1ccccc1I)O[C@@H]2[C@H]1OCO[C@H]13)C(=O)N[C@H](CO)CCC(=O)OC(C)(C)C. The molecule has 5 rings (SSSR count). The van der Waals surface area contributed by atoms with Gasteiger partial charge in [-0.25, -0.2) is 0 Å². The van der Waals surface area contributed by atoms with Crippen molar-refractivity contribution in [2.75, 3.05) is 13.4 Å². The molecular formula is C30H40IN3O11. The number of amides is 2. The lowest BCUT2D eigenvalue weighted by Gasteiger charge is -2.49. The zero-order valence-corrected chi connectivity index (χ0v) is 27.7. The molecule has 3 heterocycles. The Morgan fingerprint density at radius 2 is 1.89 bits per heavy atom. The van der Waals surface area contributed by atoms with Crippen LogP contribution in [0.2, 0.25) is 0 Å². The summed E-state index contributed by atoms with van der Waals surface area (Å²) in [5.41, 5.74) is -1.35. The minimum absolute atomic E-state index is 0.0517. The van der Waals surface area contributed by atoms with Crippen LogP contribution in [0.15, 0.2) is 24.3 Å². The number of fused-ring (bicyclic) bond motifs is 4. The monoisotopic (exact) mass is 745 g/mol. The molecule has 3 aliphatic heterocycles. The number of carbonyl (C=O) groups is 4. The lowest BCUT2D eigenvalue weighted by atomic mass is 9.62. The van der Waals surface area contributed by atoms with E-state index in [-0.39, 0.29) is 32.6 Å². The number of hydroxylamine groups is 2. The van der Waals surface area contributed by atoms with Crippen LogP contribution in [0.1, 0.15) is 52.5 Å². The van der Waals surface area contributed by atoms with Gasteiger partial charge in [0.15, 0.2) is 6.04 Å². The van der Waals surface area contributed by atoms with Crippen LogP contribution in [0.3, 0.4) is 0 Å². The largest absolute Gasteiger partial charge is 0.460 e. The van der Waals surface area contributed by atoms with Crippen molar-refractivity contribution in [2.45, 2.75) is 108 Å². The number of ether oxygens (including phenoxy) is 4. The van der Waals surface area contributed by atoms with E-state index in [0.717, 1.165) is 9.13 Å². The molecule has 3 saturated heterocycles. The van der Waals surface area contributed by atoms with Gasteiger partial charge >= 0.3 is 11.9 Å². The van der Waals surface area contributed by atoms with Gasteiger partial charge in [-0.15, -0.1) is 0 Å². The molecule has 45 heavy (non-hydrogen) atoms. The average molecular weight is 746 g/mol. The number of hydrogen-bond acceptors (Lipinski definition) is 12. The van der Waals surface area contributed by atoms with Crippen LogP contribution in [0.25, 0.3) is 0 Å². The minimum atomic E-state index is -1.53. The molecule has 2 amide bonds. The van der Waals surface area contributed by atoms with E-state index in [1.807, 2.05) is 24.3 Å². The van der Waals surface area contributed by atoms with E-state index in [9.17, 15) is 29.4 Å². The third-order valence-electron chi connectivity index (χ3n) is 8.51. The van der Waals surface area contributed by atoms with Gasteiger partial charge in [-0.3, -0.25) is 24.0 Å². The maximum absolute atomic E-state index is 14.4. The van der Waals surface area contributed by atoms with Crippen molar-refractivity contribution in [1.29, 1.82) is 0 Å². The smallest absolute Gasteiger partial charge is 0.327 e. The van der Waals surface area contributed by atoms with E-state index in [0.29, 0.717) is 0 Å². The van der Waals surface area contributed by atoms with E-state index >= 15 is 0 Å². The Morgan fingerprint density at radius 3 is 2.56 bits per heavy atom. The number of esters is 2. The van der Waals surface area contributed by atoms with E-state index in [4.69, 9.17) is 23.8 Å². The van der Waals surface area contributed by atoms with Gasteiger partial charge < -0.3 is 39.8 Å². The van der Waals surface area contributed by atoms with Crippen molar-refractivity contribution < 1.29 is 53.2 Å². The van der Waals surface area contributed by atoms with Crippen LogP contribution in [0.5, 0.6) is 0 Å². The van der Waals surface area contributed by atoms with E-state index in [2.05, 4.69) is 33.2 Å². The third-order valence-corrected chi connectivity index (χ3v) is 9.57. The molecule has 4 N–H and O–H groups in total. The van der Waals surface area contributed by atoms with Crippen molar-refractivity contribution in [3.63, 3.8) is 0 Å². The first kappa shape index (κ1) is 33.9. The van der Waals surface area contributed by atoms with Gasteiger partial charge in [-0.1, -0.05) is 18.2 Å². The predicted molar refractivity (Wildman–Crippen MR) is 163 cm³/mol. The maximum atomic E-state index is 14.4. The molecule has 0 unspecified atom stereocenters. The Labute approximate surface area is 274 Å². The number of aliphatic hydroxyl groups excluding tert-OH is 2. The summed E-state index contributed by atoms with van der Waals surface area (Å²) >= 11 is 2.18. The molecule has 15 heteroatoms. The van der Waals surface area contributed by atoms with Crippen molar-refractivity contribution in [3.8, 4) is 0 Å². The summed E-state index contributed by atoms with van der Waals surface area (Å²) < 4.78 is 23.6. The number of nitrogens with one attached hydrogen (secondary N) is 2. The molecule has 4 fully saturated rings. The number of carbonyl (C=O) groups excluding carboxylic acids is 4. The second-order valence-electron chi connectivity index (χ2n) is 12.9. The van der Waals surface area contributed by atoms with Crippen molar-refractivity contribution in [2.24, 2.45) is 5.41 Å². The van der Waals surface area contributed by atoms with E-state index < -0.39 is 90.0 Å². The lowest BCUT2D eigenvalue weighted by molar-refractivity contribution is -0.201. The summed E-state index contributed by atoms with van der Waals surface area (Å²) in [6.07, 6.45) is -4.39. The Kier molecular flexibility index (Phi) is 10.1. The van der Waals surface area contributed by atoms with Crippen molar-refractivity contribution in [1.82, 2.24) is 15.7 Å². The second-order valence-corrected chi connectivity index (χ2v) is 14.1. The van der Waals surface area contributed by atoms with Crippen LogP contribution < -0.4 is 10.6 Å². The van der Waals surface area contributed by atoms with E-state index in [1.165, 1.54) is 12.0 Å². The molecule has 0 radical (unpaired) electrons. The predicted octanol–water partition coefficient (Wildman–Crippen LogP) is 0.297. The fraction of sp³-hybridized carbons (Fsp3) is 0.667. The van der Waals surface area contributed by atoms with Gasteiger partial charge in [0.25, 0.3) is 0 Å². The first-order valence-electron chi connectivity index (χ1n) is 15.0. The molecule has 0 spiro atoms. The fourth-order valence-electron chi connectivity index (χ4n) is 6.49. The van der Waals surface area contributed by atoms with Gasteiger partial charge in [-0.05, 0) is 68.3 Å². The molecule has 2 bridgehead atoms. The van der Waals surface area contributed by atoms with Gasteiger partial charge in [0.1, 0.15) is 48.3 Å². The van der Waals surface area contributed by atoms with Crippen LogP contribution >= 0.6 is 22.6 Å². The summed E-state index contributed by atoms with van der Waals surface area (Å²) in [6, 6.07) is 4.08. The molecule has 248 valence electrons. The highest BCUT2D eigenvalue weighted by molar-refractivity contribution is 14.1. The highest BCUT2D eigenvalue weighted by atomic mass is 127. The topological polar surface area (TPSA) is 182 Å². The zero-order valence-electron chi connectivity index (χ0n) is 25.6. The van der Waals surface area contributed by atoms with Crippen LogP contribution in [0.4, 0.5) is 0 Å². The number of aliphatic hydroxyl groups is 2. The molecule has 1 saturated carbocycles. The second kappa shape index (κ2) is 13.4. The normalized spacial score (nSPS) is 30.9. The fourth-order valence-corrected chi connectivity index (χ4v) is 7.05. The zero-order chi connectivity index (χ0) is 32.7. The van der Waals surface area contributed by atoms with E-state index in [1.54, 1.807) is 20.8 Å². The summed E-state index contributed by atoms with van der Waals surface area (Å²) in [6.45, 7) is 6.16. The summed E-state index contributed by atoms with van der Waals surface area (Å²) in [5.74, 6) is -2.61. The van der Waals surface area contributed by atoms with Crippen LogP contribution in [-0.2, 0) is 49.5 Å². The Morgan fingerprint density at radius 1 is 1.18 bits per heavy atom. The third kappa shape index (κ3) is 6.84. The quantitative estimate of drug-likeness (QED) is 0.180. The molecular weight excluding hydrogens is 705 g/mol. The van der Waals surface area contributed by atoms with Gasteiger partial charge in [0, 0.05) is 16.4 Å². The Hall–Kier alpha value is -2.41. The number of halogens is 1. The summed E-state index contributed by atoms with van der Waals surface area (Å²) in [5, 5.41) is 27.2. The highest BCUT2D eigenvalue weighted by Gasteiger charge is 2.74. The standard InChI is InChI=1S/C30H40IN3O11/c1-15(36)21(26(38)32-17(13-35)9-10-20(37)44-29(2,3)4)33-28(40)30-11-19-22-23(42-14-41-22)25(30)45-34(24(30)27(39)43-19)12-16-7-5-6-8-18(16)31/h5-8,15,17,19,21-25,35-36H,9-14H2,1-4H3,(H,32,38)(H,33,40)/t15-,17-,19+,21+,22-,23-,24-,25+,30-/m0/s1. The number of nitrogens with zero attached hydrogens (tertiary/aromatic N) is 1. The first-order valence-corrected chi connectivity index (χ1v) is 16.1. The summed E-state index contributed by atoms with van der Waals surface area (Å²) in [4.78, 5) is 59.9. The van der Waals surface area contributed by atoms with Gasteiger partial charge in [0.05, 0.1) is 25.3 Å². The number of benzene rings is 1. The minimum Gasteiger partial charge on any atom is -0.460 e. The molecule has 14 nitrogen and oxygen atoms in total. The van der Waals surface area contributed by atoms with Crippen LogP contribution in [0, 0.1) is 8.99 Å². The van der Waals surface area contributed by atoms with Crippen molar-refractivity contribution in [3.05, 3.63) is 33.4 Å². The first-order chi connectivity index (χ1) is 21.2. The molecule has 4 aliphatic rings. The molecule has 1 aromatic carbocycles. The van der Waals surface area contributed by atoms with Gasteiger partial charge in [0.2, 0.25) is 11.8 Å². The lowest BCUT2D eigenvalue weighted by Crippen LogP contribution is -2.71. The van der Waals surface area contributed by atoms with Gasteiger partial charge in [-0.2, -0.15) is 5.06 Å². The Balaban J connectivity index is 1.37.